The fourth-order valence-corrected chi connectivity index (χ4v) is 1.81. The molecule has 21 heavy (non-hydrogen) atoms. The highest BCUT2D eigenvalue weighted by Gasteiger charge is 2.22. The molecule has 0 saturated carbocycles. The lowest BCUT2D eigenvalue weighted by molar-refractivity contribution is -0.139. The molecule has 1 amide bonds. The van der Waals surface area contributed by atoms with Gasteiger partial charge >= 0.3 is 5.97 Å². The topological polar surface area (TPSA) is 105 Å². The average Bonchev–Trinajstić information content (AvgIpc) is 2.97. The predicted octanol–water partition coefficient (Wildman–Crippen LogP) is 1.72. The van der Waals surface area contributed by atoms with Gasteiger partial charge in [-0.3, -0.25) is 9.78 Å². The quantitative estimate of drug-likeness (QED) is 0.838. The highest BCUT2D eigenvalue weighted by atomic mass is 16.5. The molecule has 2 N–H and O–H groups in total. The first-order valence-electron chi connectivity index (χ1n) is 6.52. The van der Waals surface area contributed by atoms with Crippen molar-refractivity contribution in [1.29, 1.82) is 0 Å². The molecule has 7 heteroatoms. The zero-order valence-corrected chi connectivity index (χ0v) is 11.4. The third kappa shape index (κ3) is 3.65. The smallest absolute Gasteiger partial charge is 0.326 e. The van der Waals surface area contributed by atoms with E-state index in [4.69, 9.17) is 9.63 Å². The lowest BCUT2D eigenvalue weighted by atomic mass is 10.1. The fourth-order valence-electron chi connectivity index (χ4n) is 1.81. The number of nitrogens with zero attached hydrogens (tertiary/aromatic N) is 2. The van der Waals surface area contributed by atoms with Gasteiger partial charge in [0.25, 0.3) is 5.91 Å². The molecule has 0 spiro atoms. The van der Waals surface area contributed by atoms with Gasteiger partial charge in [0.05, 0.1) is 0 Å². The molecule has 110 valence electrons. The number of amides is 1. The van der Waals surface area contributed by atoms with E-state index < -0.39 is 17.9 Å². The standard InChI is InChI=1S/C14H15N3O4/c1-2-3-10(14(19)20)16-13(18)11-8-12(21-17-11)9-4-6-15-7-5-9/h4-8,10H,2-3H2,1H3,(H,16,18)(H,19,20). The lowest BCUT2D eigenvalue weighted by Gasteiger charge is -2.11. The van der Waals surface area contributed by atoms with E-state index in [0.29, 0.717) is 18.6 Å². The number of carbonyl (C=O) groups is 2. The number of hydrogen-bond acceptors (Lipinski definition) is 5. The van der Waals surface area contributed by atoms with Gasteiger partial charge in [0.2, 0.25) is 0 Å². The molecular formula is C14H15N3O4. The van der Waals surface area contributed by atoms with Gasteiger partial charge in [-0.25, -0.2) is 4.79 Å². The Hall–Kier alpha value is -2.70. The van der Waals surface area contributed by atoms with Crippen LogP contribution in [0.3, 0.4) is 0 Å². The number of hydrogen-bond donors (Lipinski definition) is 2. The van der Waals surface area contributed by atoms with Crippen molar-refractivity contribution in [3.05, 3.63) is 36.3 Å². The van der Waals surface area contributed by atoms with Crippen LogP contribution in [0.15, 0.2) is 35.1 Å². The molecule has 0 aliphatic rings. The second-order valence-corrected chi connectivity index (χ2v) is 4.47. The van der Waals surface area contributed by atoms with E-state index >= 15 is 0 Å². The zero-order valence-electron chi connectivity index (χ0n) is 11.4. The van der Waals surface area contributed by atoms with E-state index in [-0.39, 0.29) is 5.69 Å². The van der Waals surface area contributed by atoms with Crippen molar-refractivity contribution < 1.29 is 19.2 Å². The molecule has 0 aliphatic carbocycles. The van der Waals surface area contributed by atoms with Crippen LogP contribution in [0.25, 0.3) is 11.3 Å². The van der Waals surface area contributed by atoms with Crippen molar-refractivity contribution in [2.45, 2.75) is 25.8 Å². The van der Waals surface area contributed by atoms with Crippen molar-refractivity contribution in [3.8, 4) is 11.3 Å². The summed E-state index contributed by atoms with van der Waals surface area (Å²) in [7, 11) is 0. The zero-order chi connectivity index (χ0) is 15.2. The Morgan fingerprint density at radius 2 is 2.10 bits per heavy atom. The lowest BCUT2D eigenvalue weighted by Crippen LogP contribution is -2.40. The highest BCUT2D eigenvalue weighted by molar-refractivity contribution is 5.95. The minimum Gasteiger partial charge on any atom is -0.480 e. The van der Waals surface area contributed by atoms with E-state index in [1.807, 2.05) is 6.92 Å². The summed E-state index contributed by atoms with van der Waals surface area (Å²) in [5, 5.41) is 15.1. The van der Waals surface area contributed by atoms with Crippen molar-refractivity contribution in [2.24, 2.45) is 0 Å². The molecule has 0 aliphatic heterocycles. The van der Waals surface area contributed by atoms with Crippen LogP contribution in [0, 0.1) is 0 Å². The SMILES string of the molecule is CCCC(NC(=O)c1cc(-c2ccncc2)on1)C(=O)O. The fraction of sp³-hybridized carbons (Fsp3) is 0.286. The normalized spacial score (nSPS) is 11.9. The van der Waals surface area contributed by atoms with Crippen LogP contribution in [-0.2, 0) is 4.79 Å². The minimum absolute atomic E-state index is 0.0455. The van der Waals surface area contributed by atoms with Gasteiger partial charge in [0.15, 0.2) is 11.5 Å². The van der Waals surface area contributed by atoms with Gasteiger partial charge in [-0.15, -0.1) is 0 Å². The first-order valence-corrected chi connectivity index (χ1v) is 6.52. The molecule has 0 fully saturated rings. The van der Waals surface area contributed by atoms with Crippen LogP contribution in [0.1, 0.15) is 30.3 Å². The van der Waals surface area contributed by atoms with Gasteiger partial charge in [0, 0.05) is 24.0 Å². The molecule has 1 unspecified atom stereocenters. The Morgan fingerprint density at radius 3 is 2.71 bits per heavy atom. The number of nitrogens with one attached hydrogen (secondary N) is 1. The summed E-state index contributed by atoms with van der Waals surface area (Å²) < 4.78 is 5.09. The largest absolute Gasteiger partial charge is 0.480 e. The number of carboxylic acid groups (broad SMARTS) is 1. The van der Waals surface area contributed by atoms with E-state index in [9.17, 15) is 9.59 Å². The predicted molar refractivity (Wildman–Crippen MR) is 73.5 cm³/mol. The molecular weight excluding hydrogens is 274 g/mol. The van der Waals surface area contributed by atoms with Gasteiger partial charge in [0.1, 0.15) is 6.04 Å². The molecule has 7 nitrogen and oxygen atoms in total. The first-order chi connectivity index (χ1) is 10.1. The van der Waals surface area contributed by atoms with Crippen molar-refractivity contribution in [1.82, 2.24) is 15.5 Å². The Balaban J connectivity index is 2.10. The van der Waals surface area contributed by atoms with Crippen LogP contribution in [0.2, 0.25) is 0 Å². The summed E-state index contributed by atoms with van der Waals surface area (Å²) >= 11 is 0. The van der Waals surface area contributed by atoms with E-state index in [2.05, 4.69) is 15.5 Å². The number of rotatable bonds is 6. The van der Waals surface area contributed by atoms with Crippen molar-refractivity contribution >= 4 is 11.9 Å². The van der Waals surface area contributed by atoms with Crippen LogP contribution >= 0.6 is 0 Å². The summed E-state index contributed by atoms with van der Waals surface area (Å²) in [4.78, 5) is 26.9. The van der Waals surface area contributed by atoms with Gasteiger partial charge in [-0.1, -0.05) is 18.5 Å². The molecule has 0 bridgehead atoms. The Bertz CT molecular complexity index is 624. The average molecular weight is 289 g/mol. The number of carbonyl (C=O) groups excluding carboxylic acids is 1. The molecule has 0 radical (unpaired) electrons. The van der Waals surface area contributed by atoms with Gasteiger partial charge in [-0.05, 0) is 18.6 Å². The van der Waals surface area contributed by atoms with Crippen molar-refractivity contribution in [2.75, 3.05) is 0 Å². The second kappa shape index (κ2) is 6.65. The number of aromatic nitrogens is 2. The minimum atomic E-state index is -1.07. The van der Waals surface area contributed by atoms with Crippen LogP contribution in [0.5, 0.6) is 0 Å². The third-order valence-corrected chi connectivity index (χ3v) is 2.89. The Morgan fingerprint density at radius 1 is 1.38 bits per heavy atom. The maximum absolute atomic E-state index is 12.0. The van der Waals surface area contributed by atoms with E-state index in [1.165, 1.54) is 6.07 Å². The van der Waals surface area contributed by atoms with Gasteiger partial charge in [-0.2, -0.15) is 0 Å². The van der Waals surface area contributed by atoms with E-state index in [1.54, 1.807) is 24.5 Å². The molecule has 0 saturated heterocycles. The molecule has 2 aromatic rings. The summed E-state index contributed by atoms with van der Waals surface area (Å²) in [6, 6.07) is 3.98. The van der Waals surface area contributed by atoms with Crippen LogP contribution in [-0.4, -0.2) is 33.2 Å². The van der Waals surface area contributed by atoms with Crippen LogP contribution in [0.4, 0.5) is 0 Å². The highest BCUT2D eigenvalue weighted by Crippen LogP contribution is 2.19. The van der Waals surface area contributed by atoms with E-state index in [0.717, 1.165) is 5.56 Å². The Kier molecular flexibility index (Phi) is 4.65. The summed E-state index contributed by atoms with van der Waals surface area (Å²) in [5.74, 6) is -1.21. The number of pyridine rings is 1. The molecule has 2 rings (SSSR count). The third-order valence-electron chi connectivity index (χ3n) is 2.89. The molecule has 1 atom stereocenters. The van der Waals surface area contributed by atoms with Gasteiger partial charge < -0.3 is 14.9 Å². The second-order valence-electron chi connectivity index (χ2n) is 4.47. The Labute approximate surface area is 121 Å². The summed E-state index contributed by atoms with van der Waals surface area (Å²) in [6.07, 6.45) is 4.20. The molecule has 2 heterocycles. The molecule has 0 aromatic carbocycles. The summed E-state index contributed by atoms with van der Waals surface area (Å²) in [6.45, 7) is 1.85. The van der Waals surface area contributed by atoms with Crippen LogP contribution < -0.4 is 5.32 Å². The summed E-state index contributed by atoms with van der Waals surface area (Å²) in [5.41, 5.74) is 0.782. The maximum Gasteiger partial charge on any atom is 0.326 e. The number of carboxylic acids is 1. The first kappa shape index (κ1) is 14.7. The maximum atomic E-state index is 12.0. The monoisotopic (exact) mass is 289 g/mol. The molecule has 2 aromatic heterocycles. The van der Waals surface area contributed by atoms with Crippen molar-refractivity contribution in [3.63, 3.8) is 0 Å². The number of aliphatic carboxylic acids is 1.